The van der Waals surface area contributed by atoms with Crippen LogP contribution in [0.15, 0.2) is 28.8 Å². The Hall–Kier alpha value is -2.48. The van der Waals surface area contributed by atoms with Crippen LogP contribution in [-0.2, 0) is 11.3 Å². The monoisotopic (exact) mass is 387 g/mol. The predicted molar refractivity (Wildman–Crippen MR) is 106 cm³/mol. The highest BCUT2D eigenvalue weighted by atomic mass is 32.1. The Bertz CT molecular complexity index is 859. The van der Waals surface area contributed by atoms with E-state index < -0.39 is 0 Å². The number of likely N-dealkylation sites (tertiary alicyclic amines) is 1. The van der Waals surface area contributed by atoms with Crippen LogP contribution in [-0.4, -0.2) is 49.6 Å². The SMILES string of the molecule is C/C=C/C(=NO)c1csc(C2CCN(C(=O)Cn3nc(C)cc3C)CC2)n1. The van der Waals surface area contributed by atoms with Gasteiger partial charge < -0.3 is 10.1 Å². The first kappa shape index (κ1) is 19.3. The summed E-state index contributed by atoms with van der Waals surface area (Å²) in [5.41, 5.74) is 3.10. The van der Waals surface area contributed by atoms with Crippen LogP contribution in [0.5, 0.6) is 0 Å². The van der Waals surface area contributed by atoms with Gasteiger partial charge in [0.15, 0.2) is 0 Å². The molecule has 0 saturated carbocycles. The summed E-state index contributed by atoms with van der Waals surface area (Å²) in [5, 5.41) is 19.8. The molecule has 1 N–H and O–H groups in total. The molecule has 1 fully saturated rings. The average molecular weight is 388 g/mol. The number of hydrogen-bond acceptors (Lipinski definition) is 6. The molecule has 3 rings (SSSR count). The van der Waals surface area contributed by atoms with Crippen molar-refractivity contribution in [3.8, 4) is 0 Å². The number of amides is 1. The fourth-order valence-electron chi connectivity index (χ4n) is 3.36. The molecule has 0 radical (unpaired) electrons. The fraction of sp³-hybridized carbons (Fsp3) is 0.474. The molecular formula is C19H25N5O2S. The van der Waals surface area contributed by atoms with Gasteiger partial charge >= 0.3 is 0 Å². The smallest absolute Gasteiger partial charge is 0.244 e. The van der Waals surface area contributed by atoms with E-state index >= 15 is 0 Å². The van der Waals surface area contributed by atoms with Gasteiger partial charge in [0.25, 0.3) is 0 Å². The number of nitrogens with zero attached hydrogens (tertiary/aromatic N) is 5. The van der Waals surface area contributed by atoms with E-state index in [2.05, 4.69) is 15.2 Å². The van der Waals surface area contributed by atoms with E-state index in [1.807, 2.05) is 43.2 Å². The van der Waals surface area contributed by atoms with Crippen molar-refractivity contribution in [2.24, 2.45) is 5.16 Å². The predicted octanol–water partition coefficient (Wildman–Crippen LogP) is 3.12. The standard InChI is InChI=1S/C19H25N5O2S/c1-4-5-16(22-26)17-12-27-19(20-17)15-6-8-23(9-7-15)18(25)11-24-14(3)10-13(2)21-24/h4-5,10,12,15,26H,6-9,11H2,1-3H3/b5-4+,22-16?. The number of allylic oxidation sites excluding steroid dienone is 2. The number of carbonyl (C=O) groups is 1. The third-order valence-corrected chi connectivity index (χ3v) is 5.81. The zero-order valence-corrected chi connectivity index (χ0v) is 16.7. The number of carbonyl (C=O) groups excluding carboxylic acids is 1. The molecule has 0 aromatic carbocycles. The van der Waals surface area contributed by atoms with Crippen molar-refractivity contribution < 1.29 is 10.0 Å². The Labute approximate surface area is 163 Å². The summed E-state index contributed by atoms with van der Waals surface area (Å²) in [7, 11) is 0. The zero-order valence-electron chi connectivity index (χ0n) is 15.9. The molecule has 3 heterocycles. The largest absolute Gasteiger partial charge is 0.410 e. The number of hydrogen-bond donors (Lipinski definition) is 1. The minimum Gasteiger partial charge on any atom is -0.410 e. The van der Waals surface area contributed by atoms with Crippen molar-refractivity contribution in [3.05, 3.63) is 45.7 Å². The quantitative estimate of drug-likeness (QED) is 0.485. The molecule has 8 heteroatoms. The van der Waals surface area contributed by atoms with E-state index in [0.29, 0.717) is 23.9 Å². The Kier molecular flexibility index (Phi) is 6.05. The summed E-state index contributed by atoms with van der Waals surface area (Å²) in [4.78, 5) is 19.1. The van der Waals surface area contributed by atoms with E-state index in [0.717, 1.165) is 42.3 Å². The summed E-state index contributed by atoms with van der Waals surface area (Å²) >= 11 is 1.59. The van der Waals surface area contributed by atoms with Crippen molar-refractivity contribution in [2.45, 2.75) is 46.1 Å². The van der Waals surface area contributed by atoms with Crippen molar-refractivity contribution in [3.63, 3.8) is 0 Å². The van der Waals surface area contributed by atoms with Gasteiger partial charge in [-0.1, -0.05) is 11.2 Å². The van der Waals surface area contributed by atoms with Crippen LogP contribution >= 0.6 is 11.3 Å². The van der Waals surface area contributed by atoms with Crippen molar-refractivity contribution in [1.82, 2.24) is 19.7 Å². The maximum Gasteiger partial charge on any atom is 0.244 e. The summed E-state index contributed by atoms with van der Waals surface area (Å²) in [6, 6.07) is 1.98. The van der Waals surface area contributed by atoms with Gasteiger partial charge in [0.1, 0.15) is 18.0 Å². The van der Waals surface area contributed by atoms with Gasteiger partial charge in [-0.3, -0.25) is 9.48 Å². The fourth-order valence-corrected chi connectivity index (χ4v) is 4.34. The lowest BCUT2D eigenvalue weighted by molar-refractivity contribution is -0.133. The average Bonchev–Trinajstić information content (AvgIpc) is 3.26. The highest BCUT2D eigenvalue weighted by molar-refractivity contribution is 7.10. The van der Waals surface area contributed by atoms with Crippen molar-refractivity contribution in [1.29, 1.82) is 0 Å². The van der Waals surface area contributed by atoms with Crippen molar-refractivity contribution >= 4 is 23.0 Å². The van der Waals surface area contributed by atoms with Crippen LogP contribution in [0.4, 0.5) is 0 Å². The summed E-state index contributed by atoms with van der Waals surface area (Å²) in [5.74, 6) is 0.453. The molecule has 2 aromatic rings. The number of aromatic nitrogens is 3. The number of rotatable bonds is 5. The molecule has 1 aliphatic rings. The topological polar surface area (TPSA) is 83.6 Å². The Morgan fingerprint density at radius 1 is 1.41 bits per heavy atom. The second-order valence-corrected chi connectivity index (χ2v) is 7.69. The van der Waals surface area contributed by atoms with Gasteiger partial charge in [-0.25, -0.2) is 4.98 Å². The van der Waals surface area contributed by atoms with E-state index in [4.69, 9.17) is 5.21 Å². The molecule has 27 heavy (non-hydrogen) atoms. The van der Waals surface area contributed by atoms with E-state index in [9.17, 15) is 4.79 Å². The number of oxime groups is 1. The number of aryl methyl sites for hydroxylation is 2. The van der Waals surface area contributed by atoms with E-state index in [1.54, 1.807) is 22.1 Å². The lowest BCUT2D eigenvalue weighted by Crippen LogP contribution is -2.40. The first-order valence-corrected chi connectivity index (χ1v) is 9.99. The molecular weight excluding hydrogens is 362 g/mol. The molecule has 1 saturated heterocycles. The molecule has 7 nitrogen and oxygen atoms in total. The normalized spacial score (nSPS) is 16.4. The maximum absolute atomic E-state index is 12.6. The second-order valence-electron chi connectivity index (χ2n) is 6.80. The Balaban J connectivity index is 1.58. The Morgan fingerprint density at radius 3 is 2.74 bits per heavy atom. The maximum atomic E-state index is 12.6. The van der Waals surface area contributed by atoms with Crippen LogP contribution in [0.1, 0.15) is 47.8 Å². The first-order chi connectivity index (χ1) is 13.0. The van der Waals surface area contributed by atoms with Gasteiger partial charge in [-0.05, 0) is 45.8 Å². The molecule has 2 aromatic heterocycles. The van der Waals surface area contributed by atoms with Gasteiger partial charge in [-0.2, -0.15) is 5.10 Å². The molecule has 144 valence electrons. The van der Waals surface area contributed by atoms with Crippen LogP contribution < -0.4 is 0 Å². The van der Waals surface area contributed by atoms with Crippen LogP contribution in [0.25, 0.3) is 0 Å². The zero-order chi connectivity index (χ0) is 19.4. The molecule has 0 spiro atoms. The van der Waals surface area contributed by atoms with Crippen molar-refractivity contribution in [2.75, 3.05) is 13.1 Å². The molecule has 0 unspecified atom stereocenters. The summed E-state index contributed by atoms with van der Waals surface area (Å²) in [6.07, 6.45) is 5.34. The number of thiazole rings is 1. The lowest BCUT2D eigenvalue weighted by atomic mass is 9.97. The van der Waals surface area contributed by atoms with Gasteiger partial charge in [0.2, 0.25) is 5.91 Å². The van der Waals surface area contributed by atoms with E-state index in [1.165, 1.54) is 0 Å². The van der Waals surface area contributed by atoms with Gasteiger partial charge in [-0.15, -0.1) is 11.3 Å². The highest BCUT2D eigenvalue weighted by Gasteiger charge is 2.26. The summed E-state index contributed by atoms with van der Waals surface area (Å²) < 4.78 is 1.77. The minimum atomic E-state index is 0.113. The van der Waals surface area contributed by atoms with Crippen LogP contribution in [0.2, 0.25) is 0 Å². The Morgan fingerprint density at radius 2 is 2.15 bits per heavy atom. The molecule has 0 aliphatic carbocycles. The molecule has 0 bridgehead atoms. The third kappa shape index (κ3) is 4.44. The van der Waals surface area contributed by atoms with Crippen LogP contribution in [0.3, 0.4) is 0 Å². The third-order valence-electron chi connectivity index (χ3n) is 4.80. The first-order valence-electron chi connectivity index (χ1n) is 9.11. The minimum absolute atomic E-state index is 0.113. The summed E-state index contributed by atoms with van der Waals surface area (Å²) in [6.45, 7) is 7.53. The number of piperidine rings is 1. The second kappa shape index (κ2) is 8.47. The lowest BCUT2D eigenvalue weighted by Gasteiger charge is -2.31. The van der Waals surface area contributed by atoms with Gasteiger partial charge in [0.05, 0.1) is 10.7 Å². The molecule has 1 aliphatic heterocycles. The molecule has 1 amide bonds. The van der Waals surface area contributed by atoms with Gasteiger partial charge in [0, 0.05) is 30.1 Å². The molecule has 0 atom stereocenters. The van der Waals surface area contributed by atoms with E-state index in [-0.39, 0.29) is 5.91 Å². The highest BCUT2D eigenvalue weighted by Crippen LogP contribution is 2.30. The van der Waals surface area contributed by atoms with Crippen LogP contribution in [0, 0.1) is 13.8 Å².